The highest BCUT2D eigenvalue weighted by molar-refractivity contribution is 5.80. The maximum atomic E-state index is 9.42. The molecule has 4 rings (SSSR count). The van der Waals surface area contributed by atoms with Crippen molar-refractivity contribution in [1.29, 1.82) is 0 Å². The van der Waals surface area contributed by atoms with Crippen LogP contribution in [0, 0.1) is 0 Å². The zero-order valence-corrected chi connectivity index (χ0v) is 13.9. The zero-order valence-electron chi connectivity index (χ0n) is 13.9. The number of hydrogen-bond acceptors (Lipinski definition) is 4. The van der Waals surface area contributed by atoms with Crippen molar-refractivity contribution in [2.24, 2.45) is 5.10 Å². The fourth-order valence-electron chi connectivity index (χ4n) is 2.61. The van der Waals surface area contributed by atoms with E-state index in [-0.39, 0.29) is 5.75 Å². The van der Waals surface area contributed by atoms with E-state index in [1.54, 1.807) is 35.2 Å². The molecule has 0 aliphatic rings. The molecule has 0 atom stereocenters. The van der Waals surface area contributed by atoms with Gasteiger partial charge in [0.2, 0.25) is 0 Å². The van der Waals surface area contributed by atoms with E-state index in [1.165, 1.54) is 0 Å². The Balaban J connectivity index is 1.81. The van der Waals surface area contributed by atoms with E-state index < -0.39 is 0 Å². The van der Waals surface area contributed by atoms with Crippen LogP contribution in [0.1, 0.15) is 5.56 Å². The smallest absolute Gasteiger partial charge is 0.185 e. The van der Waals surface area contributed by atoms with Crippen molar-refractivity contribution in [3.8, 4) is 28.5 Å². The molecule has 1 heterocycles. The Labute approximate surface area is 150 Å². The van der Waals surface area contributed by atoms with Gasteiger partial charge in [-0.15, -0.1) is 10.2 Å². The molecule has 1 aromatic heterocycles. The molecule has 0 unspecified atom stereocenters. The monoisotopic (exact) mass is 340 g/mol. The molecular formula is C21H16N4O. The van der Waals surface area contributed by atoms with Gasteiger partial charge < -0.3 is 5.11 Å². The number of nitrogens with zero attached hydrogens (tertiary/aromatic N) is 4. The molecule has 0 aliphatic heterocycles. The molecule has 3 aromatic carbocycles. The summed E-state index contributed by atoms with van der Waals surface area (Å²) in [6.07, 6.45) is 1.72. The second-order valence-corrected chi connectivity index (χ2v) is 5.73. The van der Waals surface area contributed by atoms with Gasteiger partial charge in [0.1, 0.15) is 5.75 Å². The van der Waals surface area contributed by atoms with Crippen molar-refractivity contribution in [2.75, 3.05) is 0 Å². The average Bonchev–Trinajstić information content (AvgIpc) is 3.13. The standard InChI is InChI=1S/C21H16N4O/c26-19-13-11-16(12-14-19)15-22-25-20(17-7-3-1-4-8-17)23-24-21(25)18-9-5-2-6-10-18/h1-15,26H/b22-15-. The predicted molar refractivity (Wildman–Crippen MR) is 102 cm³/mol. The molecule has 5 heteroatoms. The summed E-state index contributed by atoms with van der Waals surface area (Å²) < 4.78 is 1.73. The molecule has 0 saturated heterocycles. The van der Waals surface area contributed by atoms with E-state index in [2.05, 4.69) is 15.3 Å². The molecule has 26 heavy (non-hydrogen) atoms. The van der Waals surface area contributed by atoms with E-state index in [1.807, 2.05) is 60.7 Å². The summed E-state index contributed by atoms with van der Waals surface area (Å²) in [4.78, 5) is 0. The van der Waals surface area contributed by atoms with Gasteiger partial charge in [-0.05, 0) is 29.8 Å². The maximum absolute atomic E-state index is 9.42. The third-order valence-electron chi connectivity index (χ3n) is 3.92. The van der Waals surface area contributed by atoms with Crippen LogP contribution in [0.5, 0.6) is 5.75 Å². The molecule has 0 bridgehead atoms. The van der Waals surface area contributed by atoms with Crippen LogP contribution < -0.4 is 0 Å². The van der Waals surface area contributed by atoms with E-state index in [0.29, 0.717) is 11.6 Å². The molecule has 126 valence electrons. The predicted octanol–water partition coefficient (Wildman–Crippen LogP) is 4.20. The first kappa shape index (κ1) is 15.8. The van der Waals surface area contributed by atoms with Gasteiger partial charge in [0, 0.05) is 11.1 Å². The van der Waals surface area contributed by atoms with Crippen molar-refractivity contribution in [2.45, 2.75) is 0 Å². The highest BCUT2D eigenvalue weighted by Gasteiger charge is 2.14. The van der Waals surface area contributed by atoms with Crippen LogP contribution in [0.25, 0.3) is 22.8 Å². The Morgan fingerprint density at radius 3 is 1.69 bits per heavy atom. The van der Waals surface area contributed by atoms with Crippen LogP contribution in [0.15, 0.2) is 90.0 Å². The molecule has 1 N–H and O–H groups in total. The molecule has 0 radical (unpaired) electrons. The van der Waals surface area contributed by atoms with Crippen LogP contribution in [0.4, 0.5) is 0 Å². The number of phenolic OH excluding ortho intramolecular Hbond substituents is 1. The lowest BCUT2D eigenvalue weighted by Crippen LogP contribution is -1.97. The fraction of sp³-hybridized carbons (Fsp3) is 0. The SMILES string of the molecule is Oc1ccc(/C=N\n2c(-c3ccccc3)nnc2-c2ccccc2)cc1. The number of hydrogen-bond donors (Lipinski definition) is 1. The van der Waals surface area contributed by atoms with Gasteiger partial charge in [-0.25, -0.2) is 0 Å². The highest BCUT2D eigenvalue weighted by Crippen LogP contribution is 2.24. The number of phenols is 1. The molecule has 0 fully saturated rings. The maximum Gasteiger partial charge on any atom is 0.185 e. The first-order valence-electron chi connectivity index (χ1n) is 8.21. The van der Waals surface area contributed by atoms with Crippen LogP contribution in [-0.4, -0.2) is 26.2 Å². The van der Waals surface area contributed by atoms with Crippen molar-refractivity contribution in [3.05, 3.63) is 90.5 Å². The lowest BCUT2D eigenvalue weighted by molar-refractivity contribution is 0.475. The number of aromatic nitrogens is 3. The van der Waals surface area contributed by atoms with Gasteiger partial charge in [0.15, 0.2) is 11.6 Å². The van der Waals surface area contributed by atoms with E-state index >= 15 is 0 Å². The topological polar surface area (TPSA) is 63.3 Å². The molecule has 0 amide bonds. The van der Waals surface area contributed by atoms with Gasteiger partial charge in [-0.3, -0.25) is 0 Å². The van der Waals surface area contributed by atoms with Gasteiger partial charge in [0.05, 0.1) is 6.21 Å². The largest absolute Gasteiger partial charge is 0.508 e. The first-order chi connectivity index (χ1) is 12.8. The average molecular weight is 340 g/mol. The van der Waals surface area contributed by atoms with Crippen LogP contribution >= 0.6 is 0 Å². The third kappa shape index (κ3) is 3.23. The Kier molecular flexibility index (Phi) is 4.26. The molecule has 4 aromatic rings. The second-order valence-electron chi connectivity index (χ2n) is 5.73. The van der Waals surface area contributed by atoms with Crippen molar-refractivity contribution in [1.82, 2.24) is 14.9 Å². The number of aromatic hydroxyl groups is 1. The van der Waals surface area contributed by atoms with Crippen LogP contribution in [-0.2, 0) is 0 Å². The summed E-state index contributed by atoms with van der Waals surface area (Å²) in [7, 11) is 0. The normalized spacial score (nSPS) is 11.1. The second kappa shape index (κ2) is 7.03. The minimum atomic E-state index is 0.224. The zero-order chi connectivity index (χ0) is 17.8. The summed E-state index contributed by atoms with van der Waals surface area (Å²) >= 11 is 0. The minimum Gasteiger partial charge on any atom is -0.508 e. The quantitative estimate of drug-likeness (QED) is 0.566. The molecule has 5 nitrogen and oxygen atoms in total. The van der Waals surface area contributed by atoms with Gasteiger partial charge in [-0.2, -0.15) is 9.78 Å². The lowest BCUT2D eigenvalue weighted by atomic mass is 10.2. The Hall–Kier alpha value is -3.73. The molecule has 0 aliphatic carbocycles. The molecular weight excluding hydrogens is 324 g/mol. The van der Waals surface area contributed by atoms with Gasteiger partial charge in [-0.1, -0.05) is 60.7 Å². The van der Waals surface area contributed by atoms with Crippen LogP contribution in [0.2, 0.25) is 0 Å². The van der Waals surface area contributed by atoms with E-state index in [4.69, 9.17) is 0 Å². The molecule has 0 saturated carbocycles. The summed E-state index contributed by atoms with van der Waals surface area (Å²) in [5, 5.41) is 22.7. The van der Waals surface area contributed by atoms with Gasteiger partial charge >= 0.3 is 0 Å². The Morgan fingerprint density at radius 1 is 0.692 bits per heavy atom. The fourth-order valence-corrected chi connectivity index (χ4v) is 2.61. The van der Waals surface area contributed by atoms with Crippen molar-refractivity contribution < 1.29 is 5.11 Å². The molecule has 0 spiro atoms. The lowest BCUT2D eigenvalue weighted by Gasteiger charge is -2.05. The minimum absolute atomic E-state index is 0.224. The summed E-state index contributed by atoms with van der Waals surface area (Å²) in [5.41, 5.74) is 2.74. The summed E-state index contributed by atoms with van der Waals surface area (Å²) in [6.45, 7) is 0. The van der Waals surface area contributed by atoms with Gasteiger partial charge in [0.25, 0.3) is 0 Å². The third-order valence-corrected chi connectivity index (χ3v) is 3.92. The Bertz CT molecular complexity index is 966. The van der Waals surface area contributed by atoms with E-state index in [0.717, 1.165) is 16.7 Å². The summed E-state index contributed by atoms with van der Waals surface area (Å²) in [5.74, 6) is 1.56. The van der Waals surface area contributed by atoms with Crippen molar-refractivity contribution >= 4 is 6.21 Å². The number of rotatable bonds is 4. The van der Waals surface area contributed by atoms with Crippen LogP contribution in [0.3, 0.4) is 0 Å². The highest BCUT2D eigenvalue weighted by atomic mass is 16.3. The van der Waals surface area contributed by atoms with Crippen molar-refractivity contribution in [3.63, 3.8) is 0 Å². The number of benzene rings is 3. The van der Waals surface area contributed by atoms with E-state index in [9.17, 15) is 5.11 Å². The summed E-state index contributed by atoms with van der Waals surface area (Å²) in [6, 6.07) is 26.5. The first-order valence-corrected chi connectivity index (χ1v) is 8.21. The Morgan fingerprint density at radius 2 is 1.19 bits per heavy atom.